The van der Waals surface area contributed by atoms with Gasteiger partial charge in [-0.05, 0) is 37.5 Å². The second-order valence-electron chi connectivity index (χ2n) is 7.87. The molecule has 0 radical (unpaired) electrons. The lowest BCUT2D eigenvalue weighted by molar-refractivity contribution is -0.146. The largest absolute Gasteiger partial charge is 0.337 e. The van der Waals surface area contributed by atoms with Crippen LogP contribution in [0, 0.1) is 11.8 Å². The van der Waals surface area contributed by atoms with Crippen molar-refractivity contribution in [3.63, 3.8) is 0 Å². The summed E-state index contributed by atoms with van der Waals surface area (Å²) in [4.78, 5) is 44.8. The minimum Gasteiger partial charge on any atom is -0.337 e. The second kappa shape index (κ2) is 7.77. The van der Waals surface area contributed by atoms with Gasteiger partial charge in [-0.2, -0.15) is 5.10 Å². The number of nitrogens with zero attached hydrogens (tertiary/aromatic N) is 5. The number of aromatic nitrogens is 3. The third-order valence-corrected chi connectivity index (χ3v) is 6.26. The Kier molecular flexibility index (Phi) is 5.17. The minimum absolute atomic E-state index is 0.175. The van der Waals surface area contributed by atoms with E-state index >= 15 is 0 Å². The molecular weight excluding hydrogens is 370 g/mol. The highest BCUT2D eigenvalue weighted by atomic mass is 16.2. The molecule has 2 aliphatic rings. The van der Waals surface area contributed by atoms with Crippen LogP contribution in [0.25, 0.3) is 5.69 Å². The zero-order chi connectivity index (χ0) is 20.5. The van der Waals surface area contributed by atoms with E-state index in [4.69, 9.17) is 0 Å². The summed E-state index contributed by atoms with van der Waals surface area (Å²) in [6, 6.07) is 7.51. The number of amides is 3. The molecule has 3 atom stereocenters. The molecule has 0 unspecified atom stereocenters. The Morgan fingerprint density at radius 1 is 1.14 bits per heavy atom. The lowest BCUT2D eigenvalue weighted by Crippen LogP contribution is -2.42. The average molecular weight is 395 g/mol. The van der Waals surface area contributed by atoms with Gasteiger partial charge in [0.05, 0.1) is 23.6 Å². The number of imide groups is 1. The normalized spacial score (nSPS) is 22.5. The first kappa shape index (κ1) is 19.3. The van der Waals surface area contributed by atoms with E-state index in [1.54, 1.807) is 23.0 Å². The molecule has 2 fully saturated rings. The molecule has 1 saturated carbocycles. The number of benzene rings is 1. The van der Waals surface area contributed by atoms with E-state index in [9.17, 15) is 14.4 Å². The Labute approximate surface area is 169 Å². The maximum absolute atomic E-state index is 12.8. The van der Waals surface area contributed by atoms with Gasteiger partial charge < -0.3 is 4.90 Å². The molecule has 1 aromatic carbocycles. The Morgan fingerprint density at radius 2 is 1.76 bits per heavy atom. The first-order valence-corrected chi connectivity index (χ1v) is 10.0. The van der Waals surface area contributed by atoms with Crippen LogP contribution in [0.4, 0.5) is 0 Å². The smallest absolute Gasteiger partial charge is 0.242 e. The van der Waals surface area contributed by atoms with Gasteiger partial charge in [0.15, 0.2) is 0 Å². The van der Waals surface area contributed by atoms with Crippen molar-refractivity contribution in [3.05, 3.63) is 42.5 Å². The van der Waals surface area contributed by atoms with Crippen LogP contribution in [0.15, 0.2) is 36.9 Å². The molecule has 1 aliphatic heterocycles. The fraction of sp³-hybridized carbons (Fsp3) is 0.476. The molecule has 29 heavy (non-hydrogen) atoms. The Morgan fingerprint density at radius 3 is 2.31 bits per heavy atom. The van der Waals surface area contributed by atoms with Crippen molar-refractivity contribution in [1.82, 2.24) is 24.6 Å². The van der Waals surface area contributed by atoms with E-state index in [2.05, 4.69) is 10.1 Å². The molecule has 2 heterocycles. The van der Waals surface area contributed by atoms with Crippen molar-refractivity contribution in [2.45, 2.75) is 38.6 Å². The van der Waals surface area contributed by atoms with Crippen molar-refractivity contribution in [2.24, 2.45) is 11.8 Å². The lowest BCUT2D eigenvalue weighted by Gasteiger charge is -2.27. The third-order valence-electron chi connectivity index (χ3n) is 6.26. The first-order valence-electron chi connectivity index (χ1n) is 10.0. The number of carbonyl (C=O) groups excluding carboxylic acids is 3. The average Bonchev–Trinajstić information content (AvgIpc) is 3.37. The van der Waals surface area contributed by atoms with Crippen LogP contribution >= 0.6 is 0 Å². The number of likely N-dealkylation sites (N-methyl/N-ethyl adjacent to an activating group) is 1. The summed E-state index contributed by atoms with van der Waals surface area (Å²) in [5, 5.41) is 4.10. The predicted molar refractivity (Wildman–Crippen MR) is 105 cm³/mol. The zero-order valence-corrected chi connectivity index (χ0v) is 16.7. The van der Waals surface area contributed by atoms with Gasteiger partial charge in [-0.1, -0.05) is 25.0 Å². The molecule has 3 amide bonds. The minimum atomic E-state index is -0.238. The van der Waals surface area contributed by atoms with E-state index in [0.29, 0.717) is 0 Å². The topological polar surface area (TPSA) is 88.4 Å². The van der Waals surface area contributed by atoms with Crippen molar-refractivity contribution < 1.29 is 14.4 Å². The summed E-state index contributed by atoms with van der Waals surface area (Å²) in [5.74, 6) is -1.04. The van der Waals surface area contributed by atoms with Gasteiger partial charge >= 0.3 is 0 Å². The molecule has 2 aromatic rings. The highest BCUT2D eigenvalue weighted by Crippen LogP contribution is 2.38. The Bertz CT molecular complexity index is 885. The van der Waals surface area contributed by atoms with E-state index in [1.165, 1.54) is 11.2 Å². The van der Waals surface area contributed by atoms with Crippen LogP contribution < -0.4 is 0 Å². The van der Waals surface area contributed by atoms with Gasteiger partial charge in [-0.3, -0.25) is 19.3 Å². The van der Waals surface area contributed by atoms with Crippen LogP contribution in [0.1, 0.15) is 44.2 Å². The monoisotopic (exact) mass is 395 g/mol. The van der Waals surface area contributed by atoms with Gasteiger partial charge in [0.25, 0.3) is 0 Å². The highest BCUT2D eigenvalue weighted by Gasteiger charge is 2.48. The molecule has 0 N–H and O–H groups in total. The van der Waals surface area contributed by atoms with Gasteiger partial charge in [-0.25, -0.2) is 9.67 Å². The van der Waals surface area contributed by atoms with Crippen LogP contribution in [-0.4, -0.2) is 55.9 Å². The summed E-state index contributed by atoms with van der Waals surface area (Å²) in [6.45, 7) is 1.75. The van der Waals surface area contributed by atoms with Crippen molar-refractivity contribution in [2.75, 3.05) is 13.6 Å². The summed E-state index contributed by atoms with van der Waals surface area (Å²) in [6.07, 6.45) is 6.55. The van der Waals surface area contributed by atoms with Crippen LogP contribution in [-0.2, 0) is 14.4 Å². The molecule has 0 bridgehead atoms. The van der Waals surface area contributed by atoms with Crippen LogP contribution in [0.5, 0.6) is 0 Å². The lowest BCUT2D eigenvalue weighted by atomic mass is 9.81. The number of hydrogen-bond donors (Lipinski definition) is 0. The molecule has 4 rings (SSSR count). The van der Waals surface area contributed by atoms with Gasteiger partial charge in [0.1, 0.15) is 19.2 Å². The standard InChI is InChI=1S/C21H25N5O3/c1-14(15-7-9-16(10-8-15)26-13-22-12-23-26)24(2)19(27)11-25-20(28)17-5-3-4-6-18(17)21(25)29/h7-10,12-14,17-18H,3-6,11H2,1-2H3/t14-,17-,18-/m1/s1. The molecule has 1 saturated heterocycles. The molecule has 0 spiro atoms. The van der Waals surface area contributed by atoms with Gasteiger partial charge in [0, 0.05) is 7.05 Å². The number of carbonyl (C=O) groups is 3. The molecule has 1 aromatic heterocycles. The Balaban J connectivity index is 1.42. The predicted octanol–water partition coefficient (Wildman–Crippen LogP) is 1.96. The van der Waals surface area contributed by atoms with Gasteiger partial charge in [0.2, 0.25) is 17.7 Å². The maximum Gasteiger partial charge on any atom is 0.242 e. The van der Waals surface area contributed by atoms with E-state index in [1.807, 2.05) is 31.2 Å². The molecule has 1 aliphatic carbocycles. The van der Waals surface area contributed by atoms with E-state index < -0.39 is 0 Å². The highest BCUT2D eigenvalue weighted by molar-refractivity contribution is 6.07. The van der Waals surface area contributed by atoms with Crippen LogP contribution in [0.2, 0.25) is 0 Å². The number of hydrogen-bond acceptors (Lipinski definition) is 5. The molecular formula is C21H25N5O3. The van der Waals surface area contributed by atoms with E-state index in [-0.39, 0.29) is 42.1 Å². The first-order chi connectivity index (χ1) is 14.0. The zero-order valence-electron chi connectivity index (χ0n) is 16.7. The molecule has 8 nitrogen and oxygen atoms in total. The second-order valence-corrected chi connectivity index (χ2v) is 7.87. The number of rotatable bonds is 5. The van der Waals surface area contributed by atoms with Gasteiger partial charge in [-0.15, -0.1) is 0 Å². The van der Waals surface area contributed by atoms with Crippen molar-refractivity contribution in [3.8, 4) is 5.69 Å². The summed E-state index contributed by atoms with van der Waals surface area (Å²) in [7, 11) is 1.70. The fourth-order valence-corrected chi connectivity index (χ4v) is 4.32. The molecule has 8 heteroatoms. The van der Waals surface area contributed by atoms with Crippen molar-refractivity contribution in [1.29, 1.82) is 0 Å². The van der Waals surface area contributed by atoms with Crippen molar-refractivity contribution >= 4 is 17.7 Å². The fourth-order valence-electron chi connectivity index (χ4n) is 4.32. The van der Waals surface area contributed by atoms with E-state index in [0.717, 1.165) is 36.9 Å². The third kappa shape index (κ3) is 3.54. The molecule has 152 valence electrons. The summed E-state index contributed by atoms with van der Waals surface area (Å²) < 4.78 is 1.66. The Hall–Kier alpha value is -3.03. The number of likely N-dealkylation sites (tertiary alicyclic amines) is 1. The maximum atomic E-state index is 12.8. The quantitative estimate of drug-likeness (QED) is 0.722. The SMILES string of the molecule is C[C@H](c1ccc(-n2cncn2)cc1)N(C)C(=O)CN1C(=O)[C@@H]2CCCC[C@H]2C1=O. The summed E-state index contributed by atoms with van der Waals surface area (Å²) in [5.41, 5.74) is 1.83. The number of fused-ring (bicyclic) bond motifs is 1. The van der Waals surface area contributed by atoms with Crippen LogP contribution in [0.3, 0.4) is 0 Å². The summed E-state index contributed by atoms with van der Waals surface area (Å²) >= 11 is 0.